The Bertz CT molecular complexity index is 271. The van der Waals surface area contributed by atoms with Gasteiger partial charge in [0.25, 0.3) is 0 Å². The number of carbonyl (C=O) groups excluding carboxylic acids is 2. The van der Waals surface area contributed by atoms with Crippen molar-refractivity contribution in [2.24, 2.45) is 0 Å². The highest BCUT2D eigenvalue weighted by atomic mass is 16.6. The van der Waals surface area contributed by atoms with Crippen molar-refractivity contribution >= 4 is 12.1 Å². The third-order valence-electron chi connectivity index (χ3n) is 2.45. The Morgan fingerprint density at radius 3 is 2.16 bits per heavy atom. The van der Waals surface area contributed by atoms with Crippen molar-refractivity contribution in [3.63, 3.8) is 0 Å². The van der Waals surface area contributed by atoms with E-state index in [0.29, 0.717) is 13.0 Å². The summed E-state index contributed by atoms with van der Waals surface area (Å²) >= 11 is 0. The number of esters is 1. The molecule has 0 fully saturated rings. The third-order valence-corrected chi connectivity index (χ3v) is 2.45. The van der Waals surface area contributed by atoms with Crippen LogP contribution in [0.2, 0.25) is 0 Å². The van der Waals surface area contributed by atoms with Crippen LogP contribution in [0.4, 0.5) is 4.79 Å². The van der Waals surface area contributed by atoms with E-state index in [0.717, 1.165) is 32.1 Å². The average molecular weight is 273 g/mol. The van der Waals surface area contributed by atoms with Gasteiger partial charge in [0.2, 0.25) is 0 Å². The minimum Gasteiger partial charge on any atom is -0.469 e. The number of methoxy groups -OCH3 is 1. The quantitative estimate of drug-likeness (QED) is 0.545. The van der Waals surface area contributed by atoms with Crippen molar-refractivity contribution < 1.29 is 19.1 Å². The summed E-state index contributed by atoms with van der Waals surface area (Å²) < 4.78 is 9.68. The van der Waals surface area contributed by atoms with Crippen LogP contribution in [-0.2, 0) is 14.3 Å². The predicted molar refractivity (Wildman–Crippen MR) is 74.0 cm³/mol. The van der Waals surface area contributed by atoms with Crippen molar-refractivity contribution in [2.45, 2.75) is 64.9 Å². The largest absolute Gasteiger partial charge is 0.469 e. The highest BCUT2D eigenvalue weighted by molar-refractivity contribution is 5.69. The summed E-state index contributed by atoms with van der Waals surface area (Å²) in [6.07, 6.45) is 5.04. The average Bonchev–Trinajstić information content (AvgIpc) is 2.29. The van der Waals surface area contributed by atoms with Crippen LogP contribution in [0.25, 0.3) is 0 Å². The van der Waals surface area contributed by atoms with Crippen LogP contribution in [0.1, 0.15) is 59.3 Å². The normalized spacial score (nSPS) is 10.9. The molecule has 1 N–H and O–H groups in total. The molecule has 0 saturated heterocycles. The standard InChI is InChI=1S/C14H27NO4/c1-14(2,3)19-13(17)15-11-9-7-5-6-8-10-12(16)18-4/h5-11H2,1-4H3,(H,15,17). The Morgan fingerprint density at radius 1 is 1.00 bits per heavy atom. The molecule has 5 heteroatoms. The summed E-state index contributed by atoms with van der Waals surface area (Å²) in [7, 11) is 1.41. The van der Waals surface area contributed by atoms with Crippen LogP contribution in [-0.4, -0.2) is 31.3 Å². The molecule has 5 nitrogen and oxygen atoms in total. The minimum absolute atomic E-state index is 0.147. The molecule has 0 aromatic carbocycles. The summed E-state index contributed by atoms with van der Waals surface area (Å²) in [5, 5.41) is 2.72. The number of rotatable bonds is 8. The zero-order valence-electron chi connectivity index (χ0n) is 12.6. The molecule has 0 radical (unpaired) electrons. The first kappa shape index (κ1) is 17.7. The van der Waals surface area contributed by atoms with E-state index >= 15 is 0 Å². The number of hydrogen-bond donors (Lipinski definition) is 1. The molecule has 0 aliphatic carbocycles. The van der Waals surface area contributed by atoms with E-state index in [1.165, 1.54) is 7.11 Å². The molecule has 0 unspecified atom stereocenters. The van der Waals surface area contributed by atoms with Gasteiger partial charge in [-0.1, -0.05) is 19.3 Å². The van der Waals surface area contributed by atoms with E-state index in [1.807, 2.05) is 20.8 Å². The molecule has 0 aliphatic rings. The first-order valence-electron chi connectivity index (χ1n) is 6.89. The van der Waals surface area contributed by atoms with Gasteiger partial charge in [-0.2, -0.15) is 0 Å². The van der Waals surface area contributed by atoms with Crippen molar-refractivity contribution in [3.8, 4) is 0 Å². The molecule has 0 aromatic heterocycles. The molecule has 0 aromatic rings. The van der Waals surface area contributed by atoms with Gasteiger partial charge < -0.3 is 14.8 Å². The molecule has 0 atom stereocenters. The molecular weight excluding hydrogens is 246 g/mol. The first-order chi connectivity index (χ1) is 8.85. The monoisotopic (exact) mass is 273 g/mol. The number of amides is 1. The summed E-state index contributed by atoms with van der Waals surface area (Å²) in [6, 6.07) is 0. The van der Waals surface area contributed by atoms with Gasteiger partial charge in [0.15, 0.2) is 0 Å². The maximum absolute atomic E-state index is 11.3. The van der Waals surface area contributed by atoms with Gasteiger partial charge in [-0.25, -0.2) is 4.79 Å². The molecule has 0 rings (SSSR count). The molecule has 0 spiro atoms. The summed E-state index contributed by atoms with van der Waals surface area (Å²) in [5.74, 6) is -0.147. The van der Waals surface area contributed by atoms with Crippen LogP contribution in [0.15, 0.2) is 0 Å². The molecule has 1 amide bonds. The van der Waals surface area contributed by atoms with E-state index in [-0.39, 0.29) is 12.1 Å². The molecule has 0 aliphatic heterocycles. The molecular formula is C14H27NO4. The second kappa shape index (κ2) is 9.64. The Balaban J connectivity index is 3.32. The minimum atomic E-state index is -0.446. The number of ether oxygens (including phenoxy) is 2. The lowest BCUT2D eigenvalue weighted by Crippen LogP contribution is -2.32. The van der Waals surface area contributed by atoms with Gasteiger partial charge in [-0.15, -0.1) is 0 Å². The maximum atomic E-state index is 11.3. The van der Waals surface area contributed by atoms with Crippen molar-refractivity contribution in [1.82, 2.24) is 5.32 Å². The second-order valence-electron chi connectivity index (χ2n) is 5.52. The van der Waals surface area contributed by atoms with Crippen LogP contribution >= 0.6 is 0 Å². The summed E-state index contributed by atoms with van der Waals surface area (Å²) in [4.78, 5) is 22.2. The smallest absolute Gasteiger partial charge is 0.407 e. The fourth-order valence-electron chi connectivity index (χ4n) is 1.53. The van der Waals surface area contributed by atoms with Gasteiger partial charge in [-0.3, -0.25) is 4.79 Å². The first-order valence-corrected chi connectivity index (χ1v) is 6.89. The van der Waals surface area contributed by atoms with E-state index < -0.39 is 5.60 Å². The van der Waals surface area contributed by atoms with Crippen molar-refractivity contribution in [1.29, 1.82) is 0 Å². The third kappa shape index (κ3) is 13.0. The Labute approximate surface area is 116 Å². The van der Waals surface area contributed by atoms with Gasteiger partial charge in [-0.05, 0) is 33.6 Å². The van der Waals surface area contributed by atoms with Gasteiger partial charge in [0.1, 0.15) is 5.60 Å². The fraction of sp³-hybridized carbons (Fsp3) is 0.857. The lowest BCUT2D eigenvalue weighted by atomic mass is 10.1. The molecule has 112 valence electrons. The van der Waals surface area contributed by atoms with E-state index in [1.54, 1.807) is 0 Å². The van der Waals surface area contributed by atoms with E-state index in [4.69, 9.17) is 4.74 Å². The predicted octanol–water partition coefficient (Wildman–Crippen LogP) is 3.02. The van der Waals surface area contributed by atoms with Crippen molar-refractivity contribution in [2.75, 3.05) is 13.7 Å². The lowest BCUT2D eigenvalue weighted by Gasteiger charge is -2.19. The van der Waals surface area contributed by atoms with Crippen LogP contribution in [0.5, 0.6) is 0 Å². The number of carbonyl (C=O) groups is 2. The Hall–Kier alpha value is -1.26. The number of hydrogen-bond acceptors (Lipinski definition) is 4. The molecule has 19 heavy (non-hydrogen) atoms. The molecule has 0 bridgehead atoms. The van der Waals surface area contributed by atoms with E-state index in [2.05, 4.69) is 10.1 Å². The maximum Gasteiger partial charge on any atom is 0.407 e. The summed E-state index contributed by atoms with van der Waals surface area (Å²) in [6.45, 7) is 6.15. The van der Waals surface area contributed by atoms with Crippen LogP contribution < -0.4 is 5.32 Å². The van der Waals surface area contributed by atoms with Crippen LogP contribution in [0.3, 0.4) is 0 Å². The van der Waals surface area contributed by atoms with Crippen molar-refractivity contribution in [3.05, 3.63) is 0 Å². The fourth-order valence-corrected chi connectivity index (χ4v) is 1.53. The van der Waals surface area contributed by atoms with Gasteiger partial charge in [0.05, 0.1) is 7.11 Å². The number of nitrogens with one attached hydrogen (secondary N) is 1. The van der Waals surface area contributed by atoms with Gasteiger partial charge >= 0.3 is 12.1 Å². The SMILES string of the molecule is COC(=O)CCCCCCCNC(=O)OC(C)(C)C. The Kier molecular flexibility index (Phi) is 9.00. The summed E-state index contributed by atoms with van der Waals surface area (Å²) in [5.41, 5.74) is -0.446. The highest BCUT2D eigenvalue weighted by Crippen LogP contribution is 2.07. The zero-order chi connectivity index (χ0) is 14.7. The van der Waals surface area contributed by atoms with Crippen LogP contribution in [0, 0.1) is 0 Å². The topological polar surface area (TPSA) is 64.6 Å². The highest BCUT2D eigenvalue weighted by Gasteiger charge is 2.15. The van der Waals surface area contributed by atoms with E-state index in [9.17, 15) is 9.59 Å². The van der Waals surface area contributed by atoms with Gasteiger partial charge in [0, 0.05) is 13.0 Å². The number of alkyl carbamates (subject to hydrolysis) is 1. The Morgan fingerprint density at radius 2 is 1.58 bits per heavy atom. The lowest BCUT2D eigenvalue weighted by molar-refractivity contribution is -0.140. The second-order valence-corrected chi connectivity index (χ2v) is 5.52. The molecule has 0 saturated carbocycles. The number of unbranched alkanes of at least 4 members (excludes halogenated alkanes) is 4. The zero-order valence-corrected chi connectivity index (χ0v) is 12.6. The molecule has 0 heterocycles.